The molecule has 0 amide bonds. The maximum absolute atomic E-state index is 10.8. The van der Waals surface area contributed by atoms with Crippen LogP contribution in [0.1, 0.15) is 51.9 Å². The molecule has 4 saturated carbocycles. The Morgan fingerprint density at radius 3 is 1.93 bits per heavy atom. The first kappa shape index (κ1) is 9.21. The van der Waals surface area contributed by atoms with E-state index in [1.54, 1.807) is 0 Å². The van der Waals surface area contributed by atoms with Crippen LogP contribution in [-0.2, 0) is 0 Å². The Balaban J connectivity index is 1.87. The average molecular weight is 194 g/mol. The van der Waals surface area contributed by atoms with Gasteiger partial charge >= 0.3 is 0 Å². The van der Waals surface area contributed by atoms with Crippen LogP contribution >= 0.6 is 0 Å². The third kappa shape index (κ3) is 1.11. The maximum Gasteiger partial charge on any atom is 0.0704 e. The Morgan fingerprint density at radius 1 is 1.00 bits per heavy atom. The number of rotatable bonds is 2. The van der Waals surface area contributed by atoms with E-state index in [9.17, 15) is 5.11 Å². The minimum Gasteiger partial charge on any atom is -0.389 e. The molecular formula is C13H22O. The highest BCUT2D eigenvalue weighted by molar-refractivity contribution is 5.06. The first-order valence-corrected chi connectivity index (χ1v) is 6.44. The second kappa shape index (κ2) is 2.98. The molecule has 1 N–H and O–H groups in total. The zero-order valence-electron chi connectivity index (χ0n) is 9.21. The van der Waals surface area contributed by atoms with Gasteiger partial charge in [0.15, 0.2) is 0 Å². The zero-order chi connectivity index (χ0) is 9.76. The summed E-state index contributed by atoms with van der Waals surface area (Å²) in [6.45, 7) is 2.21. The number of aliphatic hydroxyl groups is 1. The summed E-state index contributed by atoms with van der Waals surface area (Å²) in [5.41, 5.74) is -0.248. The van der Waals surface area contributed by atoms with Crippen LogP contribution in [-0.4, -0.2) is 10.7 Å². The lowest BCUT2D eigenvalue weighted by atomic mass is 9.49. The van der Waals surface area contributed by atoms with Crippen LogP contribution in [0.3, 0.4) is 0 Å². The number of hydrogen-bond donors (Lipinski definition) is 1. The maximum atomic E-state index is 10.8. The molecule has 80 valence electrons. The first-order valence-electron chi connectivity index (χ1n) is 6.44. The summed E-state index contributed by atoms with van der Waals surface area (Å²) in [7, 11) is 0. The molecule has 4 rings (SSSR count). The van der Waals surface area contributed by atoms with E-state index in [4.69, 9.17) is 0 Å². The molecule has 1 nitrogen and oxygen atoms in total. The van der Waals surface area contributed by atoms with Gasteiger partial charge in [0.1, 0.15) is 0 Å². The lowest BCUT2D eigenvalue weighted by Crippen LogP contribution is -2.57. The Kier molecular flexibility index (Phi) is 1.96. The van der Waals surface area contributed by atoms with E-state index >= 15 is 0 Å². The van der Waals surface area contributed by atoms with Crippen LogP contribution in [0.25, 0.3) is 0 Å². The molecule has 0 aromatic rings. The third-order valence-electron chi connectivity index (χ3n) is 5.20. The van der Waals surface area contributed by atoms with Gasteiger partial charge in [-0.25, -0.2) is 0 Å². The highest BCUT2D eigenvalue weighted by atomic mass is 16.3. The normalized spacial score (nSPS) is 55.3. The highest BCUT2D eigenvalue weighted by Gasteiger charge is 2.55. The topological polar surface area (TPSA) is 20.2 Å². The molecule has 0 spiro atoms. The van der Waals surface area contributed by atoms with Crippen molar-refractivity contribution in [3.05, 3.63) is 0 Å². The van der Waals surface area contributed by atoms with Crippen molar-refractivity contribution in [2.75, 3.05) is 0 Å². The van der Waals surface area contributed by atoms with Gasteiger partial charge in [-0.3, -0.25) is 0 Å². The Labute approximate surface area is 86.9 Å². The lowest BCUT2D eigenvalue weighted by molar-refractivity contribution is -0.176. The van der Waals surface area contributed by atoms with Crippen molar-refractivity contribution >= 4 is 0 Å². The standard InChI is InChI=1S/C13H22O/c1-2-3-13(14)11-5-9-4-10(7-11)8-12(13)6-9/h9-12,14H,2-8H2,1H3/t9-,10-,11-,12+,13?. The van der Waals surface area contributed by atoms with E-state index in [2.05, 4.69) is 6.92 Å². The molecule has 0 saturated heterocycles. The molecule has 0 radical (unpaired) electrons. The van der Waals surface area contributed by atoms with Crippen molar-refractivity contribution in [2.24, 2.45) is 23.7 Å². The predicted octanol–water partition coefficient (Wildman–Crippen LogP) is 2.97. The second-order valence-electron chi connectivity index (χ2n) is 6.05. The Bertz CT molecular complexity index is 205. The first-order chi connectivity index (χ1) is 6.72. The minimum atomic E-state index is -0.248. The number of hydrogen-bond acceptors (Lipinski definition) is 1. The van der Waals surface area contributed by atoms with Gasteiger partial charge in [0.2, 0.25) is 0 Å². The van der Waals surface area contributed by atoms with Gasteiger partial charge in [-0.1, -0.05) is 13.3 Å². The fourth-order valence-electron chi connectivity index (χ4n) is 4.81. The van der Waals surface area contributed by atoms with Gasteiger partial charge in [0.05, 0.1) is 5.60 Å². The minimum absolute atomic E-state index is 0.248. The van der Waals surface area contributed by atoms with Gasteiger partial charge in [0, 0.05) is 0 Å². The summed E-state index contributed by atoms with van der Waals surface area (Å²) in [4.78, 5) is 0. The average Bonchev–Trinajstić information content (AvgIpc) is 2.14. The summed E-state index contributed by atoms with van der Waals surface area (Å²) < 4.78 is 0. The molecule has 14 heavy (non-hydrogen) atoms. The van der Waals surface area contributed by atoms with Crippen LogP contribution < -0.4 is 0 Å². The Morgan fingerprint density at radius 2 is 1.50 bits per heavy atom. The molecule has 4 bridgehead atoms. The molecule has 0 aromatic heterocycles. The fourth-order valence-corrected chi connectivity index (χ4v) is 4.81. The summed E-state index contributed by atoms with van der Waals surface area (Å²) in [5, 5.41) is 10.8. The van der Waals surface area contributed by atoms with Crippen LogP contribution in [0.2, 0.25) is 0 Å². The van der Waals surface area contributed by atoms with Crippen LogP contribution in [0, 0.1) is 23.7 Å². The van der Waals surface area contributed by atoms with Crippen molar-refractivity contribution < 1.29 is 5.11 Å². The predicted molar refractivity (Wildman–Crippen MR) is 56.9 cm³/mol. The van der Waals surface area contributed by atoms with Crippen molar-refractivity contribution in [3.63, 3.8) is 0 Å². The van der Waals surface area contributed by atoms with Crippen LogP contribution in [0.5, 0.6) is 0 Å². The van der Waals surface area contributed by atoms with E-state index in [1.807, 2.05) is 0 Å². The molecule has 1 heteroatoms. The molecule has 0 heterocycles. The molecule has 0 aromatic carbocycles. The third-order valence-corrected chi connectivity index (χ3v) is 5.20. The lowest BCUT2D eigenvalue weighted by Gasteiger charge is -2.59. The SMILES string of the molecule is CCCC1(O)[C@H]2C[C@H]3C[C@H](C2)C[C@H]1C3. The van der Waals surface area contributed by atoms with Crippen molar-refractivity contribution in [1.82, 2.24) is 0 Å². The monoisotopic (exact) mass is 194 g/mol. The van der Waals surface area contributed by atoms with Crippen LogP contribution in [0.4, 0.5) is 0 Å². The van der Waals surface area contributed by atoms with E-state index in [0.717, 1.165) is 24.7 Å². The summed E-state index contributed by atoms with van der Waals surface area (Å²) in [6.07, 6.45) is 9.04. The summed E-state index contributed by atoms with van der Waals surface area (Å²) in [6, 6.07) is 0. The Hall–Kier alpha value is -0.0400. The van der Waals surface area contributed by atoms with Crippen molar-refractivity contribution in [1.29, 1.82) is 0 Å². The molecule has 4 aliphatic carbocycles. The largest absolute Gasteiger partial charge is 0.389 e. The molecule has 4 aliphatic rings. The molecular weight excluding hydrogens is 172 g/mol. The van der Waals surface area contributed by atoms with Crippen LogP contribution in [0.15, 0.2) is 0 Å². The quantitative estimate of drug-likeness (QED) is 0.716. The van der Waals surface area contributed by atoms with Gasteiger partial charge in [-0.15, -0.1) is 0 Å². The molecule has 0 unspecified atom stereocenters. The molecule has 0 aliphatic heterocycles. The molecule has 4 fully saturated rings. The smallest absolute Gasteiger partial charge is 0.0704 e. The summed E-state index contributed by atoms with van der Waals surface area (Å²) in [5.74, 6) is 3.29. The van der Waals surface area contributed by atoms with Crippen molar-refractivity contribution in [3.8, 4) is 0 Å². The van der Waals surface area contributed by atoms with Gasteiger partial charge in [-0.2, -0.15) is 0 Å². The van der Waals surface area contributed by atoms with Gasteiger partial charge in [-0.05, 0) is 62.2 Å². The summed E-state index contributed by atoms with van der Waals surface area (Å²) >= 11 is 0. The van der Waals surface area contributed by atoms with E-state index in [0.29, 0.717) is 11.8 Å². The van der Waals surface area contributed by atoms with Gasteiger partial charge in [0.25, 0.3) is 0 Å². The van der Waals surface area contributed by atoms with E-state index in [1.165, 1.54) is 32.1 Å². The fraction of sp³-hybridized carbons (Fsp3) is 1.00. The molecule has 0 atom stereocenters. The zero-order valence-corrected chi connectivity index (χ0v) is 9.21. The second-order valence-corrected chi connectivity index (χ2v) is 6.05. The van der Waals surface area contributed by atoms with E-state index in [-0.39, 0.29) is 5.60 Å². The van der Waals surface area contributed by atoms with Gasteiger partial charge < -0.3 is 5.11 Å². The highest BCUT2D eigenvalue weighted by Crippen LogP contribution is 2.59. The van der Waals surface area contributed by atoms with Crippen molar-refractivity contribution in [2.45, 2.75) is 57.5 Å². The van der Waals surface area contributed by atoms with E-state index < -0.39 is 0 Å².